The highest BCUT2D eigenvalue weighted by atomic mass is 16.2. The lowest BCUT2D eigenvalue weighted by Gasteiger charge is -2.34. The van der Waals surface area contributed by atoms with Crippen molar-refractivity contribution in [2.75, 3.05) is 18.4 Å². The fourth-order valence-electron chi connectivity index (χ4n) is 2.97. The average Bonchev–Trinajstić information content (AvgIpc) is 2.59. The van der Waals surface area contributed by atoms with Gasteiger partial charge in [-0.05, 0) is 30.9 Å². The number of aromatic nitrogens is 1. The van der Waals surface area contributed by atoms with Gasteiger partial charge in [0.2, 0.25) is 17.7 Å². The molecule has 1 aromatic rings. The maximum atomic E-state index is 12.6. The van der Waals surface area contributed by atoms with E-state index in [1.807, 2.05) is 13.8 Å². The van der Waals surface area contributed by atoms with E-state index in [-0.39, 0.29) is 29.6 Å². The van der Waals surface area contributed by atoms with Crippen molar-refractivity contribution in [2.45, 2.75) is 39.7 Å². The number of piperidine rings is 1. The molecule has 25 heavy (non-hydrogen) atoms. The summed E-state index contributed by atoms with van der Waals surface area (Å²) in [5.74, 6) is -0.406. The summed E-state index contributed by atoms with van der Waals surface area (Å²) in [6.45, 7) is 6.28. The highest BCUT2D eigenvalue weighted by molar-refractivity contribution is 5.93. The molecule has 7 heteroatoms. The van der Waals surface area contributed by atoms with Crippen LogP contribution in [0.3, 0.4) is 0 Å². The van der Waals surface area contributed by atoms with Crippen LogP contribution in [0.2, 0.25) is 0 Å². The molecule has 136 valence electrons. The van der Waals surface area contributed by atoms with E-state index >= 15 is 0 Å². The SMILES string of the molecule is CC(=O)N[C@@H](C(=O)N1CCC(C(=O)Nc2ccncc2)CC1)C(C)C. The van der Waals surface area contributed by atoms with E-state index in [2.05, 4.69) is 15.6 Å². The Bertz CT molecular complexity index is 610. The molecule has 1 aromatic heterocycles. The zero-order chi connectivity index (χ0) is 18.4. The van der Waals surface area contributed by atoms with Crippen LogP contribution >= 0.6 is 0 Å². The number of nitrogens with zero attached hydrogens (tertiary/aromatic N) is 2. The van der Waals surface area contributed by atoms with Gasteiger partial charge in [0.15, 0.2) is 0 Å². The summed E-state index contributed by atoms with van der Waals surface area (Å²) in [6, 6.07) is 2.98. The van der Waals surface area contributed by atoms with Crippen molar-refractivity contribution in [3.8, 4) is 0 Å². The minimum atomic E-state index is -0.514. The minimum absolute atomic E-state index is 0.0177. The van der Waals surface area contributed by atoms with Crippen molar-refractivity contribution >= 4 is 23.4 Å². The third kappa shape index (κ3) is 5.27. The van der Waals surface area contributed by atoms with Gasteiger partial charge < -0.3 is 15.5 Å². The van der Waals surface area contributed by atoms with Crippen molar-refractivity contribution < 1.29 is 14.4 Å². The molecule has 1 fully saturated rings. The Morgan fingerprint density at radius 2 is 1.76 bits per heavy atom. The summed E-state index contributed by atoms with van der Waals surface area (Å²) in [5.41, 5.74) is 0.726. The van der Waals surface area contributed by atoms with Crippen LogP contribution in [0.1, 0.15) is 33.6 Å². The Morgan fingerprint density at radius 1 is 1.16 bits per heavy atom. The standard InChI is InChI=1S/C18H26N4O3/c1-12(2)16(20-13(3)23)18(25)22-10-6-14(7-11-22)17(24)21-15-4-8-19-9-5-15/h4-5,8-9,12,14,16H,6-7,10-11H2,1-3H3,(H,20,23)(H,19,21,24)/t16-/m1/s1. The van der Waals surface area contributed by atoms with Crippen LogP contribution in [0.15, 0.2) is 24.5 Å². The molecule has 2 rings (SSSR count). The Balaban J connectivity index is 1.88. The number of carbonyl (C=O) groups is 3. The lowest BCUT2D eigenvalue weighted by Crippen LogP contribution is -2.53. The molecule has 0 aromatic carbocycles. The third-order valence-corrected chi connectivity index (χ3v) is 4.42. The van der Waals surface area contributed by atoms with Crippen LogP contribution < -0.4 is 10.6 Å². The molecule has 0 saturated carbocycles. The normalized spacial score (nSPS) is 16.4. The van der Waals surface area contributed by atoms with E-state index in [1.165, 1.54) is 6.92 Å². The Hall–Kier alpha value is -2.44. The van der Waals surface area contributed by atoms with Crippen molar-refractivity contribution in [1.29, 1.82) is 0 Å². The molecule has 2 N–H and O–H groups in total. The lowest BCUT2D eigenvalue weighted by molar-refractivity contribution is -0.139. The zero-order valence-corrected chi connectivity index (χ0v) is 15.0. The first-order valence-electron chi connectivity index (χ1n) is 8.65. The molecule has 1 saturated heterocycles. The van der Waals surface area contributed by atoms with E-state index in [4.69, 9.17) is 0 Å². The van der Waals surface area contributed by atoms with Gasteiger partial charge in [0, 0.05) is 44.0 Å². The second-order valence-electron chi connectivity index (χ2n) is 6.75. The maximum absolute atomic E-state index is 12.6. The number of hydrogen-bond donors (Lipinski definition) is 2. The van der Waals surface area contributed by atoms with Crippen molar-refractivity contribution in [3.63, 3.8) is 0 Å². The number of amides is 3. The maximum Gasteiger partial charge on any atom is 0.245 e. The van der Waals surface area contributed by atoms with Crippen LogP contribution in [0.25, 0.3) is 0 Å². The van der Waals surface area contributed by atoms with Gasteiger partial charge in [-0.25, -0.2) is 0 Å². The molecular formula is C18H26N4O3. The van der Waals surface area contributed by atoms with Crippen molar-refractivity contribution in [3.05, 3.63) is 24.5 Å². The smallest absolute Gasteiger partial charge is 0.245 e. The molecule has 3 amide bonds. The summed E-state index contributed by atoms with van der Waals surface area (Å²) in [6.07, 6.45) is 4.50. The second kappa shape index (κ2) is 8.60. The Morgan fingerprint density at radius 3 is 2.28 bits per heavy atom. The quantitative estimate of drug-likeness (QED) is 0.843. The van der Waals surface area contributed by atoms with Crippen LogP contribution in [0, 0.1) is 11.8 Å². The third-order valence-electron chi connectivity index (χ3n) is 4.42. The topological polar surface area (TPSA) is 91.4 Å². The van der Waals surface area contributed by atoms with E-state index in [9.17, 15) is 14.4 Å². The molecule has 1 aliphatic heterocycles. The molecule has 0 bridgehead atoms. The number of rotatable bonds is 5. The predicted octanol–water partition coefficient (Wildman–Crippen LogP) is 1.42. The van der Waals surface area contributed by atoms with E-state index in [0.717, 1.165) is 5.69 Å². The monoisotopic (exact) mass is 346 g/mol. The molecule has 0 unspecified atom stereocenters. The van der Waals surface area contributed by atoms with Crippen LogP contribution in [0.4, 0.5) is 5.69 Å². The fraction of sp³-hybridized carbons (Fsp3) is 0.556. The molecule has 2 heterocycles. The Labute approximate surface area is 148 Å². The first-order chi connectivity index (χ1) is 11.9. The summed E-state index contributed by atoms with van der Waals surface area (Å²) in [4.78, 5) is 42.0. The number of carbonyl (C=O) groups excluding carboxylic acids is 3. The van der Waals surface area contributed by atoms with Gasteiger partial charge in [0.1, 0.15) is 6.04 Å². The van der Waals surface area contributed by atoms with Gasteiger partial charge >= 0.3 is 0 Å². The molecule has 0 radical (unpaired) electrons. The number of pyridine rings is 1. The van der Waals surface area contributed by atoms with Crippen LogP contribution in [-0.4, -0.2) is 46.7 Å². The number of likely N-dealkylation sites (tertiary alicyclic amines) is 1. The van der Waals surface area contributed by atoms with Gasteiger partial charge in [-0.2, -0.15) is 0 Å². The minimum Gasteiger partial charge on any atom is -0.344 e. The van der Waals surface area contributed by atoms with Crippen LogP contribution in [0.5, 0.6) is 0 Å². The largest absolute Gasteiger partial charge is 0.344 e. The molecular weight excluding hydrogens is 320 g/mol. The fourth-order valence-corrected chi connectivity index (χ4v) is 2.97. The molecule has 0 aliphatic carbocycles. The highest BCUT2D eigenvalue weighted by Gasteiger charge is 2.32. The van der Waals surface area contributed by atoms with Gasteiger partial charge in [0.25, 0.3) is 0 Å². The predicted molar refractivity (Wildman–Crippen MR) is 94.6 cm³/mol. The highest BCUT2D eigenvalue weighted by Crippen LogP contribution is 2.21. The summed E-state index contributed by atoms with van der Waals surface area (Å²) >= 11 is 0. The lowest BCUT2D eigenvalue weighted by atomic mass is 9.94. The van der Waals surface area contributed by atoms with Crippen molar-refractivity contribution in [1.82, 2.24) is 15.2 Å². The summed E-state index contributed by atoms with van der Waals surface area (Å²) in [7, 11) is 0. The van der Waals surface area contributed by atoms with Gasteiger partial charge in [-0.3, -0.25) is 19.4 Å². The molecule has 1 atom stereocenters. The van der Waals surface area contributed by atoms with Gasteiger partial charge in [0.05, 0.1) is 0 Å². The first-order valence-corrected chi connectivity index (χ1v) is 8.65. The van der Waals surface area contributed by atoms with Gasteiger partial charge in [-0.1, -0.05) is 13.8 Å². The Kier molecular flexibility index (Phi) is 6.50. The number of hydrogen-bond acceptors (Lipinski definition) is 4. The van der Waals surface area contributed by atoms with Gasteiger partial charge in [-0.15, -0.1) is 0 Å². The summed E-state index contributed by atoms with van der Waals surface area (Å²) in [5, 5.41) is 5.61. The molecule has 1 aliphatic rings. The first kappa shape index (κ1) is 18.9. The van der Waals surface area contributed by atoms with Crippen molar-refractivity contribution in [2.24, 2.45) is 11.8 Å². The zero-order valence-electron chi connectivity index (χ0n) is 15.0. The average molecular weight is 346 g/mol. The number of anilines is 1. The second-order valence-corrected chi connectivity index (χ2v) is 6.75. The van der Waals surface area contributed by atoms with E-state index < -0.39 is 6.04 Å². The molecule has 7 nitrogen and oxygen atoms in total. The summed E-state index contributed by atoms with van der Waals surface area (Å²) < 4.78 is 0. The van der Waals surface area contributed by atoms with Crippen LogP contribution in [-0.2, 0) is 14.4 Å². The molecule has 0 spiro atoms. The van der Waals surface area contributed by atoms with E-state index in [0.29, 0.717) is 25.9 Å². The van der Waals surface area contributed by atoms with E-state index in [1.54, 1.807) is 29.4 Å². The number of nitrogens with one attached hydrogen (secondary N) is 2.